The van der Waals surface area contributed by atoms with Crippen molar-refractivity contribution in [3.8, 4) is 0 Å². The number of aromatic nitrogens is 1. The van der Waals surface area contributed by atoms with E-state index in [0.717, 1.165) is 10.9 Å². The lowest BCUT2D eigenvalue weighted by atomic mass is 10.1. The highest BCUT2D eigenvalue weighted by atomic mass is 16.5. The Morgan fingerprint density at radius 3 is 2.94 bits per heavy atom. The Bertz CT molecular complexity index is 534. The highest BCUT2D eigenvalue weighted by molar-refractivity contribution is 5.78. The van der Waals surface area contributed by atoms with E-state index in [1.165, 1.54) is 10.1 Å². The summed E-state index contributed by atoms with van der Waals surface area (Å²) in [6.07, 6.45) is 1.38. The Labute approximate surface area is 94.3 Å². The molecule has 2 aromatic rings. The Hall–Kier alpha value is -1.90. The fourth-order valence-corrected chi connectivity index (χ4v) is 1.69. The molecule has 1 heterocycles. The molecule has 82 valence electrons. The minimum Gasteiger partial charge on any atom is -0.412 e. The summed E-state index contributed by atoms with van der Waals surface area (Å²) < 4.78 is 6.52. The topological polar surface area (TPSA) is 30.2 Å². The second kappa shape index (κ2) is 4.31. The van der Waals surface area contributed by atoms with Gasteiger partial charge >= 0.3 is 6.09 Å². The highest BCUT2D eigenvalue weighted by Gasteiger charge is 2.19. The van der Waals surface area contributed by atoms with Crippen LogP contribution in [0.5, 0.6) is 0 Å². The van der Waals surface area contributed by atoms with Gasteiger partial charge in [0.1, 0.15) is 0 Å². The lowest BCUT2D eigenvalue weighted by Crippen LogP contribution is -2.43. The monoisotopic (exact) mass is 216 g/mol. The van der Waals surface area contributed by atoms with Gasteiger partial charge in [-0.1, -0.05) is 16.2 Å². The molecule has 3 heteroatoms. The third-order valence-electron chi connectivity index (χ3n) is 2.42. The standard InChI is InChI=1S/C13H14NO2/c1-3-16-13(15)14-8-4-5-11-9-10(2)6-7-12(11)14/h4-9H,3H2,1-2H3/q+1. The summed E-state index contributed by atoms with van der Waals surface area (Å²) >= 11 is 0. The summed E-state index contributed by atoms with van der Waals surface area (Å²) in [5.74, 6) is 0. The van der Waals surface area contributed by atoms with Crippen LogP contribution < -0.4 is 4.57 Å². The lowest BCUT2D eigenvalue weighted by Gasteiger charge is -2.00. The molecule has 0 aliphatic heterocycles. The van der Waals surface area contributed by atoms with Crippen molar-refractivity contribution in [2.24, 2.45) is 0 Å². The summed E-state index contributed by atoms with van der Waals surface area (Å²) in [6.45, 7) is 4.21. The molecular formula is C13H14NO2+. The van der Waals surface area contributed by atoms with E-state index < -0.39 is 0 Å². The van der Waals surface area contributed by atoms with Gasteiger partial charge in [0.25, 0.3) is 0 Å². The SMILES string of the molecule is CCOC(=O)[n+]1cccc2cc(C)ccc21. The summed E-state index contributed by atoms with van der Waals surface area (Å²) in [5.41, 5.74) is 2.04. The number of nitrogens with zero attached hydrogens (tertiary/aromatic N) is 1. The number of pyridine rings is 1. The van der Waals surface area contributed by atoms with Gasteiger partial charge < -0.3 is 4.74 Å². The van der Waals surface area contributed by atoms with Crippen LogP contribution in [-0.4, -0.2) is 12.7 Å². The van der Waals surface area contributed by atoms with Gasteiger partial charge in [-0.3, -0.25) is 0 Å². The van der Waals surface area contributed by atoms with Crippen LogP contribution in [0.3, 0.4) is 0 Å². The molecule has 0 aliphatic carbocycles. The first kappa shape index (κ1) is 10.6. The van der Waals surface area contributed by atoms with Crippen molar-refractivity contribution in [3.63, 3.8) is 0 Å². The summed E-state index contributed by atoms with van der Waals surface area (Å²) in [5, 5.41) is 1.04. The van der Waals surface area contributed by atoms with Crippen molar-refractivity contribution in [2.75, 3.05) is 6.61 Å². The van der Waals surface area contributed by atoms with Crippen LogP contribution in [0.25, 0.3) is 10.9 Å². The number of carbonyl (C=O) groups is 1. The normalized spacial score (nSPS) is 10.4. The van der Waals surface area contributed by atoms with Gasteiger partial charge in [-0.25, -0.2) is 0 Å². The Morgan fingerprint density at radius 1 is 1.38 bits per heavy atom. The molecule has 0 spiro atoms. The molecule has 1 aromatic carbocycles. The minimum atomic E-state index is -0.336. The van der Waals surface area contributed by atoms with Crippen LogP contribution in [0, 0.1) is 6.92 Å². The molecule has 0 unspecified atom stereocenters. The third kappa shape index (κ3) is 1.89. The molecule has 0 aliphatic rings. The first-order chi connectivity index (χ1) is 7.72. The molecular weight excluding hydrogens is 202 g/mol. The summed E-state index contributed by atoms with van der Waals surface area (Å²) in [6, 6.07) is 9.79. The zero-order valence-corrected chi connectivity index (χ0v) is 9.43. The predicted octanol–water partition coefficient (Wildman–Crippen LogP) is 2.44. The van der Waals surface area contributed by atoms with Crippen molar-refractivity contribution in [1.82, 2.24) is 0 Å². The first-order valence-electron chi connectivity index (χ1n) is 5.30. The fraction of sp³-hybridized carbons (Fsp3) is 0.231. The van der Waals surface area contributed by atoms with Crippen LogP contribution in [0.4, 0.5) is 4.79 Å². The third-order valence-corrected chi connectivity index (χ3v) is 2.42. The van der Waals surface area contributed by atoms with E-state index in [1.54, 1.807) is 13.1 Å². The molecule has 0 saturated heterocycles. The van der Waals surface area contributed by atoms with Gasteiger partial charge in [-0.15, -0.1) is 0 Å². The average Bonchev–Trinajstić information content (AvgIpc) is 2.28. The average molecular weight is 216 g/mol. The largest absolute Gasteiger partial charge is 0.602 e. The lowest BCUT2D eigenvalue weighted by molar-refractivity contribution is -0.558. The fourth-order valence-electron chi connectivity index (χ4n) is 1.69. The molecule has 0 atom stereocenters. The number of aryl methyl sites for hydroxylation is 1. The maximum absolute atomic E-state index is 11.7. The first-order valence-corrected chi connectivity index (χ1v) is 5.30. The van der Waals surface area contributed by atoms with Crippen LogP contribution >= 0.6 is 0 Å². The van der Waals surface area contributed by atoms with Crippen LogP contribution in [0.1, 0.15) is 12.5 Å². The van der Waals surface area contributed by atoms with Crippen LogP contribution in [-0.2, 0) is 4.74 Å². The molecule has 0 fully saturated rings. The Kier molecular flexibility index (Phi) is 2.86. The van der Waals surface area contributed by atoms with E-state index in [4.69, 9.17) is 4.74 Å². The quantitative estimate of drug-likeness (QED) is 0.685. The Morgan fingerprint density at radius 2 is 2.19 bits per heavy atom. The molecule has 0 radical (unpaired) electrons. The maximum atomic E-state index is 11.7. The molecule has 0 amide bonds. The number of hydrogen-bond donors (Lipinski definition) is 0. The van der Waals surface area contributed by atoms with E-state index in [2.05, 4.69) is 0 Å². The van der Waals surface area contributed by atoms with Crippen molar-refractivity contribution < 1.29 is 14.1 Å². The molecule has 3 nitrogen and oxygen atoms in total. The minimum absolute atomic E-state index is 0.336. The van der Waals surface area contributed by atoms with Crippen molar-refractivity contribution in [3.05, 3.63) is 42.1 Å². The molecule has 1 aromatic heterocycles. The zero-order valence-electron chi connectivity index (χ0n) is 9.43. The van der Waals surface area contributed by atoms with Crippen molar-refractivity contribution in [1.29, 1.82) is 0 Å². The zero-order chi connectivity index (χ0) is 11.5. The number of fused-ring (bicyclic) bond motifs is 1. The molecule has 0 N–H and O–H groups in total. The molecule has 0 bridgehead atoms. The smallest absolute Gasteiger partial charge is 0.412 e. The van der Waals surface area contributed by atoms with Gasteiger partial charge in [-0.05, 0) is 26.0 Å². The van der Waals surface area contributed by atoms with Crippen molar-refractivity contribution >= 4 is 17.0 Å². The number of ether oxygens (including phenoxy) is 1. The van der Waals surface area contributed by atoms with Gasteiger partial charge in [-0.2, -0.15) is 4.79 Å². The van der Waals surface area contributed by atoms with Gasteiger partial charge in [0.15, 0.2) is 6.20 Å². The highest BCUT2D eigenvalue weighted by Crippen LogP contribution is 2.11. The number of rotatable bonds is 1. The molecule has 2 rings (SSSR count). The maximum Gasteiger partial charge on any atom is 0.602 e. The summed E-state index contributed by atoms with van der Waals surface area (Å²) in [7, 11) is 0. The number of carbonyl (C=O) groups excluding carboxylic acids is 1. The molecule has 16 heavy (non-hydrogen) atoms. The second-order valence-electron chi connectivity index (χ2n) is 3.64. The number of benzene rings is 1. The molecule has 0 saturated carbocycles. The van der Waals surface area contributed by atoms with E-state index in [-0.39, 0.29) is 6.09 Å². The van der Waals surface area contributed by atoms with Gasteiger partial charge in [0.05, 0.1) is 6.61 Å². The Balaban J connectivity index is 2.58. The van der Waals surface area contributed by atoms with E-state index >= 15 is 0 Å². The second-order valence-corrected chi connectivity index (χ2v) is 3.64. The number of hydrogen-bond acceptors (Lipinski definition) is 2. The predicted molar refractivity (Wildman–Crippen MR) is 61.3 cm³/mol. The van der Waals surface area contributed by atoms with Crippen molar-refractivity contribution in [2.45, 2.75) is 13.8 Å². The van der Waals surface area contributed by atoms with E-state index in [9.17, 15) is 4.79 Å². The van der Waals surface area contributed by atoms with E-state index in [0.29, 0.717) is 6.61 Å². The van der Waals surface area contributed by atoms with Crippen LogP contribution in [0.2, 0.25) is 0 Å². The van der Waals surface area contributed by atoms with Crippen LogP contribution in [0.15, 0.2) is 36.5 Å². The van der Waals surface area contributed by atoms with Gasteiger partial charge in [0, 0.05) is 17.5 Å². The summed E-state index contributed by atoms with van der Waals surface area (Å²) in [4.78, 5) is 11.7. The van der Waals surface area contributed by atoms with Gasteiger partial charge in [0.2, 0.25) is 5.52 Å². The van der Waals surface area contributed by atoms with E-state index in [1.807, 2.05) is 37.3 Å².